The van der Waals surface area contributed by atoms with Gasteiger partial charge in [-0.2, -0.15) is 0 Å². The second-order valence-corrected chi connectivity index (χ2v) is 6.86. The monoisotopic (exact) mass is 382 g/mol. The van der Waals surface area contributed by atoms with Crippen molar-refractivity contribution in [3.63, 3.8) is 0 Å². The van der Waals surface area contributed by atoms with Gasteiger partial charge in [0.05, 0.1) is 30.6 Å². The van der Waals surface area contributed by atoms with Crippen molar-refractivity contribution < 1.29 is 18.7 Å². The molecule has 3 rings (SSSR count). The van der Waals surface area contributed by atoms with Gasteiger partial charge in [-0.3, -0.25) is 4.90 Å². The standard InChI is InChI=1S/C17H23FN4O3S/c1-24-12-4-6-21(7-5-12)15-3-2-11(8-14(15)18)22-10-13(25-17(22)23)9-20-16(19)26/h2-3,8,12-13H,4-7,9-10H2,1H3,(H3,19,20,26)/t13-/m0/s1. The third-order valence-corrected chi connectivity index (χ3v) is 4.88. The van der Waals surface area contributed by atoms with Gasteiger partial charge in [0.1, 0.15) is 11.9 Å². The van der Waals surface area contributed by atoms with E-state index in [1.54, 1.807) is 19.2 Å². The second-order valence-electron chi connectivity index (χ2n) is 6.42. The Balaban J connectivity index is 1.66. The number of benzene rings is 1. The quantitative estimate of drug-likeness (QED) is 0.749. The number of anilines is 2. The number of piperidine rings is 1. The molecule has 0 bridgehead atoms. The predicted molar refractivity (Wildman–Crippen MR) is 101 cm³/mol. The van der Waals surface area contributed by atoms with Crippen molar-refractivity contribution in [2.45, 2.75) is 25.0 Å². The van der Waals surface area contributed by atoms with Gasteiger partial charge in [0.2, 0.25) is 0 Å². The first-order valence-electron chi connectivity index (χ1n) is 8.56. The summed E-state index contributed by atoms with van der Waals surface area (Å²) in [5.41, 5.74) is 6.40. The van der Waals surface area contributed by atoms with E-state index in [-0.39, 0.29) is 23.1 Å². The molecule has 2 aliphatic heterocycles. The van der Waals surface area contributed by atoms with E-state index in [9.17, 15) is 9.18 Å². The molecule has 2 fully saturated rings. The molecule has 26 heavy (non-hydrogen) atoms. The molecule has 0 spiro atoms. The van der Waals surface area contributed by atoms with Crippen LogP contribution in [0, 0.1) is 5.82 Å². The number of amides is 1. The number of rotatable bonds is 5. The molecule has 0 aromatic heterocycles. The molecular weight excluding hydrogens is 359 g/mol. The zero-order valence-electron chi connectivity index (χ0n) is 14.6. The van der Waals surface area contributed by atoms with E-state index in [1.807, 2.05) is 4.90 Å². The van der Waals surface area contributed by atoms with Gasteiger partial charge in [0.25, 0.3) is 0 Å². The molecule has 2 heterocycles. The highest BCUT2D eigenvalue weighted by Crippen LogP contribution is 2.29. The molecule has 2 saturated heterocycles. The number of nitrogens with zero attached hydrogens (tertiary/aromatic N) is 2. The third-order valence-electron chi connectivity index (χ3n) is 4.74. The largest absolute Gasteiger partial charge is 0.442 e. The van der Waals surface area contributed by atoms with Gasteiger partial charge < -0.3 is 25.4 Å². The topological polar surface area (TPSA) is 80.1 Å². The van der Waals surface area contributed by atoms with Crippen LogP contribution >= 0.6 is 12.2 Å². The van der Waals surface area contributed by atoms with Crippen LogP contribution in [0.1, 0.15) is 12.8 Å². The molecule has 142 valence electrons. The van der Waals surface area contributed by atoms with Crippen molar-refractivity contribution in [3.05, 3.63) is 24.0 Å². The molecule has 0 radical (unpaired) electrons. The fourth-order valence-electron chi connectivity index (χ4n) is 3.31. The molecule has 9 heteroatoms. The van der Waals surface area contributed by atoms with Crippen molar-refractivity contribution >= 4 is 34.8 Å². The lowest BCUT2D eigenvalue weighted by molar-refractivity contribution is 0.0818. The van der Waals surface area contributed by atoms with Crippen LogP contribution in [0.2, 0.25) is 0 Å². The Morgan fingerprint density at radius 3 is 2.81 bits per heavy atom. The lowest BCUT2D eigenvalue weighted by Crippen LogP contribution is -2.37. The van der Waals surface area contributed by atoms with Crippen LogP contribution in [0.4, 0.5) is 20.6 Å². The lowest BCUT2D eigenvalue weighted by Gasteiger charge is -2.33. The van der Waals surface area contributed by atoms with E-state index in [1.165, 1.54) is 11.0 Å². The summed E-state index contributed by atoms with van der Waals surface area (Å²) >= 11 is 4.74. The summed E-state index contributed by atoms with van der Waals surface area (Å²) in [6, 6.07) is 4.83. The Hall–Kier alpha value is -2.13. The Kier molecular flexibility index (Phi) is 5.77. The minimum atomic E-state index is -0.507. The van der Waals surface area contributed by atoms with Crippen molar-refractivity contribution in [1.82, 2.24) is 5.32 Å². The number of carbonyl (C=O) groups is 1. The van der Waals surface area contributed by atoms with Gasteiger partial charge in [0, 0.05) is 20.2 Å². The molecule has 0 unspecified atom stereocenters. The van der Waals surface area contributed by atoms with E-state index < -0.39 is 6.09 Å². The number of halogens is 1. The molecule has 2 aliphatic rings. The third kappa shape index (κ3) is 4.16. The number of nitrogens with one attached hydrogen (secondary N) is 1. The smallest absolute Gasteiger partial charge is 0.414 e. The van der Waals surface area contributed by atoms with E-state index in [0.717, 1.165) is 25.9 Å². The highest BCUT2D eigenvalue weighted by Gasteiger charge is 2.33. The number of nitrogens with two attached hydrogens (primary N) is 1. The van der Waals surface area contributed by atoms with Gasteiger partial charge >= 0.3 is 6.09 Å². The summed E-state index contributed by atoms with van der Waals surface area (Å²) in [5.74, 6) is -0.351. The highest BCUT2D eigenvalue weighted by atomic mass is 32.1. The number of carbonyl (C=O) groups excluding carboxylic acids is 1. The number of ether oxygens (including phenoxy) is 2. The van der Waals surface area contributed by atoms with Crippen LogP contribution in [0.25, 0.3) is 0 Å². The zero-order valence-corrected chi connectivity index (χ0v) is 15.4. The maximum Gasteiger partial charge on any atom is 0.414 e. The summed E-state index contributed by atoms with van der Waals surface area (Å²) in [4.78, 5) is 15.5. The van der Waals surface area contributed by atoms with Crippen LogP contribution in [0.3, 0.4) is 0 Å². The first-order chi connectivity index (χ1) is 12.5. The van der Waals surface area contributed by atoms with Crippen molar-refractivity contribution in [1.29, 1.82) is 0 Å². The summed E-state index contributed by atoms with van der Waals surface area (Å²) < 4.78 is 25.2. The highest BCUT2D eigenvalue weighted by molar-refractivity contribution is 7.80. The molecular formula is C17H23FN4O3S. The van der Waals surface area contributed by atoms with Crippen molar-refractivity contribution in [2.24, 2.45) is 5.73 Å². The summed E-state index contributed by atoms with van der Waals surface area (Å²) in [6.45, 7) is 2.12. The van der Waals surface area contributed by atoms with Gasteiger partial charge in [-0.05, 0) is 43.3 Å². The Morgan fingerprint density at radius 2 is 2.19 bits per heavy atom. The predicted octanol–water partition coefficient (Wildman–Crippen LogP) is 1.60. The van der Waals surface area contributed by atoms with Crippen LogP contribution < -0.4 is 20.9 Å². The fourth-order valence-corrected chi connectivity index (χ4v) is 3.39. The normalized spacial score (nSPS) is 21.0. The Labute approximate surface area is 157 Å². The number of cyclic esters (lactones) is 1. The molecule has 1 atom stereocenters. The summed E-state index contributed by atoms with van der Waals surface area (Å²) in [6.07, 6.45) is 1.08. The molecule has 0 saturated carbocycles. The Bertz CT molecular complexity index is 682. The lowest BCUT2D eigenvalue weighted by atomic mass is 10.1. The van der Waals surface area contributed by atoms with Crippen LogP contribution in [-0.2, 0) is 9.47 Å². The number of hydrogen-bond acceptors (Lipinski definition) is 5. The number of hydrogen-bond donors (Lipinski definition) is 2. The minimum absolute atomic E-state index is 0.145. The second kappa shape index (κ2) is 8.05. The first kappa shape index (κ1) is 18.7. The molecule has 3 N–H and O–H groups in total. The van der Waals surface area contributed by atoms with Gasteiger partial charge in [0.15, 0.2) is 5.11 Å². The summed E-state index contributed by atoms with van der Waals surface area (Å²) in [5, 5.41) is 2.91. The fraction of sp³-hybridized carbons (Fsp3) is 0.529. The average Bonchev–Trinajstić information content (AvgIpc) is 3.01. The molecule has 7 nitrogen and oxygen atoms in total. The average molecular weight is 382 g/mol. The van der Waals surface area contributed by atoms with Crippen LogP contribution in [-0.4, -0.2) is 56.7 Å². The van der Waals surface area contributed by atoms with Gasteiger partial charge in [-0.15, -0.1) is 0 Å². The minimum Gasteiger partial charge on any atom is -0.442 e. The van der Waals surface area contributed by atoms with E-state index in [4.69, 9.17) is 27.4 Å². The molecule has 1 aromatic rings. The number of thiocarbonyl (C=S) groups is 1. The van der Waals surface area contributed by atoms with E-state index in [2.05, 4.69) is 5.32 Å². The first-order valence-corrected chi connectivity index (χ1v) is 8.97. The Morgan fingerprint density at radius 1 is 1.46 bits per heavy atom. The van der Waals surface area contributed by atoms with Crippen molar-refractivity contribution in [3.8, 4) is 0 Å². The van der Waals surface area contributed by atoms with E-state index >= 15 is 0 Å². The SMILES string of the molecule is COC1CCN(c2ccc(N3C[C@H](CNC(N)=S)OC3=O)cc2F)CC1. The van der Waals surface area contributed by atoms with Crippen LogP contribution in [0.15, 0.2) is 18.2 Å². The van der Waals surface area contributed by atoms with E-state index in [0.29, 0.717) is 24.5 Å². The molecule has 0 aliphatic carbocycles. The molecule has 1 aromatic carbocycles. The zero-order chi connectivity index (χ0) is 18.7. The van der Waals surface area contributed by atoms with Crippen LogP contribution in [0.5, 0.6) is 0 Å². The van der Waals surface area contributed by atoms with Gasteiger partial charge in [-0.25, -0.2) is 9.18 Å². The molecule has 1 amide bonds. The number of methoxy groups -OCH3 is 1. The maximum atomic E-state index is 14.6. The maximum absolute atomic E-state index is 14.6. The van der Waals surface area contributed by atoms with Crippen molar-refractivity contribution in [2.75, 3.05) is 43.1 Å². The van der Waals surface area contributed by atoms with Gasteiger partial charge in [-0.1, -0.05) is 0 Å². The summed E-state index contributed by atoms with van der Waals surface area (Å²) in [7, 11) is 1.70.